The Morgan fingerprint density at radius 1 is 1.04 bits per heavy atom. The first kappa shape index (κ1) is 18.6. The van der Waals surface area contributed by atoms with E-state index in [2.05, 4.69) is 17.0 Å². The second-order valence-corrected chi connectivity index (χ2v) is 8.44. The van der Waals surface area contributed by atoms with Crippen molar-refractivity contribution < 1.29 is 13.2 Å². The zero-order valence-electron chi connectivity index (χ0n) is 14.8. The van der Waals surface area contributed by atoms with E-state index in [9.17, 15) is 13.2 Å². The van der Waals surface area contributed by atoms with Crippen molar-refractivity contribution >= 4 is 15.9 Å². The highest BCUT2D eigenvalue weighted by Crippen LogP contribution is 2.21. The molecule has 1 amide bonds. The minimum absolute atomic E-state index is 0.119. The molecule has 1 saturated heterocycles. The van der Waals surface area contributed by atoms with E-state index in [4.69, 9.17) is 5.73 Å². The smallest absolute Gasteiger partial charge is 0.249 e. The fourth-order valence-corrected chi connectivity index (χ4v) is 4.59. The molecule has 0 saturated carbocycles. The molecular weight excluding hydrogens is 350 g/mol. The van der Waals surface area contributed by atoms with Crippen molar-refractivity contribution in [1.29, 1.82) is 0 Å². The molecule has 3 rings (SSSR count). The van der Waals surface area contributed by atoms with Crippen molar-refractivity contribution in [2.45, 2.75) is 18.4 Å². The molecule has 0 radical (unpaired) electrons. The molecule has 138 valence electrons. The summed E-state index contributed by atoms with van der Waals surface area (Å²) in [5, 5.41) is 0. The molecule has 0 spiro atoms. The van der Waals surface area contributed by atoms with E-state index in [-0.39, 0.29) is 10.5 Å². The highest BCUT2D eigenvalue weighted by molar-refractivity contribution is 7.89. The fourth-order valence-electron chi connectivity index (χ4n) is 3.15. The molecule has 6 nitrogen and oxygen atoms in total. The van der Waals surface area contributed by atoms with E-state index in [1.54, 1.807) is 13.0 Å². The van der Waals surface area contributed by atoms with Gasteiger partial charge in [-0.3, -0.25) is 9.69 Å². The van der Waals surface area contributed by atoms with Crippen LogP contribution in [0.5, 0.6) is 0 Å². The Morgan fingerprint density at radius 2 is 1.69 bits per heavy atom. The van der Waals surface area contributed by atoms with Gasteiger partial charge >= 0.3 is 0 Å². The largest absolute Gasteiger partial charge is 0.366 e. The van der Waals surface area contributed by atoms with Crippen molar-refractivity contribution in [2.24, 2.45) is 5.73 Å². The average Bonchev–Trinajstić information content (AvgIpc) is 2.63. The van der Waals surface area contributed by atoms with Gasteiger partial charge in [-0.1, -0.05) is 36.4 Å². The number of hydrogen-bond acceptors (Lipinski definition) is 4. The first-order valence-corrected chi connectivity index (χ1v) is 9.99. The molecule has 2 aromatic rings. The lowest BCUT2D eigenvalue weighted by Crippen LogP contribution is -2.48. The van der Waals surface area contributed by atoms with Gasteiger partial charge in [-0.25, -0.2) is 8.42 Å². The number of carbonyl (C=O) groups excluding carboxylic acids is 1. The summed E-state index contributed by atoms with van der Waals surface area (Å²) in [6, 6.07) is 14.7. The summed E-state index contributed by atoms with van der Waals surface area (Å²) in [6.45, 7) is 4.74. The zero-order chi connectivity index (χ0) is 18.7. The summed E-state index contributed by atoms with van der Waals surface area (Å²) < 4.78 is 27.3. The highest BCUT2D eigenvalue weighted by atomic mass is 32.2. The van der Waals surface area contributed by atoms with Gasteiger partial charge in [0.2, 0.25) is 15.9 Å². The lowest BCUT2D eigenvalue weighted by atomic mass is 10.1. The second-order valence-electron chi connectivity index (χ2n) is 6.51. The lowest BCUT2D eigenvalue weighted by Gasteiger charge is -2.34. The lowest BCUT2D eigenvalue weighted by molar-refractivity contribution is 0.0999. The van der Waals surface area contributed by atoms with Gasteiger partial charge < -0.3 is 5.73 Å². The number of rotatable bonds is 5. The fraction of sp³-hybridized carbons (Fsp3) is 0.316. The SMILES string of the molecule is Cc1ccc(S(=O)(=O)N2CCN(Cc3ccccc3)CC2)cc1C(N)=O. The molecule has 1 heterocycles. The third-order valence-corrected chi connectivity index (χ3v) is 6.59. The highest BCUT2D eigenvalue weighted by Gasteiger charge is 2.29. The Balaban J connectivity index is 1.70. The number of nitrogens with zero attached hydrogens (tertiary/aromatic N) is 2. The van der Waals surface area contributed by atoms with Crippen LogP contribution in [0.15, 0.2) is 53.4 Å². The van der Waals surface area contributed by atoms with Crippen LogP contribution in [-0.2, 0) is 16.6 Å². The average molecular weight is 373 g/mol. The summed E-state index contributed by atoms with van der Waals surface area (Å²) in [5.41, 5.74) is 7.47. The third kappa shape index (κ3) is 3.95. The van der Waals surface area contributed by atoms with Gasteiger partial charge in [0.25, 0.3) is 0 Å². The Morgan fingerprint density at radius 3 is 2.31 bits per heavy atom. The molecule has 1 aliphatic heterocycles. The Hall–Kier alpha value is -2.22. The van der Waals surface area contributed by atoms with Crippen LogP contribution >= 0.6 is 0 Å². The van der Waals surface area contributed by atoms with Crippen LogP contribution in [0.2, 0.25) is 0 Å². The van der Waals surface area contributed by atoms with Crippen LogP contribution in [0.1, 0.15) is 21.5 Å². The standard InChI is InChI=1S/C19H23N3O3S/c1-15-7-8-17(13-18(15)19(20)23)26(24,25)22-11-9-21(10-12-22)14-16-5-3-2-4-6-16/h2-8,13H,9-12,14H2,1H3,(H2,20,23). The van der Waals surface area contributed by atoms with E-state index >= 15 is 0 Å². The molecule has 0 atom stereocenters. The summed E-state index contributed by atoms with van der Waals surface area (Å²) in [7, 11) is -3.63. The molecule has 0 unspecified atom stereocenters. The van der Waals surface area contributed by atoms with Gasteiger partial charge in [-0.05, 0) is 30.2 Å². The summed E-state index contributed by atoms with van der Waals surface area (Å²) in [6.07, 6.45) is 0. The van der Waals surface area contributed by atoms with E-state index < -0.39 is 15.9 Å². The number of carbonyl (C=O) groups is 1. The number of sulfonamides is 1. The maximum absolute atomic E-state index is 12.9. The van der Waals surface area contributed by atoms with Gasteiger partial charge in [0.1, 0.15) is 0 Å². The predicted octanol–water partition coefficient (Wildman–Crippen LogP) is 1.60. The maximum atomic E-state index is 12.9. The Bertz CT molecular complexity index is 890. The number of benzene rings is 2. The van der Waals surface area contributed by atoms with Crippen molar-refractivity contribution in [2.75, 3.05) is 26.2 Å². The maximum Gasteiger partial charge on any atom is 0.249 e. The van der Waals surface area contributed by atoms with Crippen LogP contribution < -0.4 is 5.73 Å². The normalized spacial score (nSPS) is 16.5. The molecule has 1 aliphatic rings. The van der Waals surface area contributed by atoms with Crippen LogP contribution in [0.25, 0.3) is 0 Å². The number of primary amides is 1. The molecule has 2 aromatic carbocycles. The number of aryl methyl sites for hydroxylation is 1. The van der Waals surface area contributed by atoms with Crippen molar-refractivity contribution in [3.8, 4) is 0 Å². The first-order valence-electron chi connectivity index (χ1n) is 8.55. The molecule has 1 fully saturated rings. The quantitative estimate of drug-likeness (QED) is 0.863. The number of hydrogen-bond donors (Lipinski definition) is 1. The third-order valence-electron chi connectivity index (χ3n) is 4.69. The minimum atomic E-state index is -3.63. The summed E-state index contributed by atoms with van der Waals surface area (Å²) in [4.78, 5) is 13.9. The minimum Gasteiger partial charge on any atom is -0.366 e. The molecule has 26 heavy (non-hydrogen) atoms. The number of piperazine rings is 1. The Labute approximate surface area is 154 Å². The molecule has 7 heteroatoms. The predicted molar refractivity (Wildman–Crippen MR) is 100 cm³/mol. The van der Waals surface area contributed by atoms with Crippen molar-refractivity contribution in [1.82, 2.24) is 9.21 Å². The first-order chi connectivity index (χ1) is 12.4. The second kappa shape index (κ2) is 7.57. The van der Waals surface area contributed by atoms with E-state index in [0.717, 1.165) is 6.54 Å². The molecule has 0 aliphatic carbocycles. The number of amides is 1. The monoisotopic (exact) mass is 373 g/mol. The number of nitrogens with two attached hydrogens (primary N) is 1. The molecule has 0 bridgehead atoms. The van der Waals surface area contributed by atoms with Crippen molar-refractivity contribution in [3.63, 3.8) is 0 Å². The van der Waals surface area contributed by atoms with E-state index in [1.807, 2.05) is 18.2 Å². The topological polar surface area (TPSA) is 83.7 Å². The molecular formula is C19H23N3O3S. The van der Waals surface area contributed by atoms with E-state index in [1.165, 1.54) is 22.0 Å². The molecule has 2 N–H and O–H groups in total. The van der Waals surface area contributed by atoms with Crippen molar-refractivity contribution in [3.05, 3.63) is 65.2 Å². The Kier molecular flexibility index (Phi) is 5.41. The van der Waals surface area contributed by atoms with Gasteiger partial charge in [0.05, 0.1) is 4.90 Å². The van der Waals surface area contributed by atoms with Gasteiger partial charge in [0, 0.05) is 38.3 Å². The van der Waals surface area contributed by atoms with E-state index in [0.29, 0.717) is 31.7 Å². The van der Waals surface area contributed by atoms with Crippen LogP contribution in [-0.4, -0.2) is 49.7 Å². The van der Waals surface area contributed by atoms with Crippen LogP contribution in [0.4, 0.5) is 0 Å². The van der Waals surface area contributed by atoms with Crippen LogP contribution in [0.3, 0.4) is 0 Å². The summed E-state index contributed by atoms with van der Waals surface area (Å²) >= 11 is 0. The summed E-state index contributed by atoms with van der Waals surface area (Å²) in [5.74, 6) is -0.618. The zero-order valence-corrected chi connectivity index (χ0v) is 15.6. The van der Waals surface area contributed by atoms with Gasteiger partial charge in [0.15, 0.2) is 0 Å². The molecule has 0 aromatic heterocycles. The van der Waals surface area contributed by atoms with Gasteiger partial charge in [-0.15, -0.1) is 0 Å². The van der Waals surface area contributed by atoms with Crippen LogP contribution in [0, 0.1) is 6.92 Å². The van der Waals surface area contributed by atoms with Gasteiger partial charge in [-0.2, -0.15) is 4.31 Å².